The van der Waals surface area contributed by atoms with Crippen LogP contribution >= 0.6 is 0 Å². The number of carbonyl (C=O) groups excluding carboxylic acids is 1. The molecule has 1 aromatic carbocycles. The first-order chi connectivity index (χ1) is 9.82. The van der Waals surface area contributed by atoms with Gasteiger partial charge in [-0.2, -0.15) is 0 Å². The molecule has 118 valence electrons. The minimum absolute atomic E-state index is 0.0385. The fourth-order valence-electron chi connectivity index (χ4n) is 2.26. The van der Waals surface area contributed by atoms with Gasteiger partial charge in [0.15, 0.2) is 6.61 Å². The molecule has 21 heavy (non-hydrogen) atoms. The van der Waals surface area contributed by atoms with Crippen molar-refractivity contribution in [2.75, 3.05) is 13.2 Å². The lowest BCUT2D eigenvalue weighted by Crippen LogP contribution is -2.43. The first kappa shape index (κ1) is 17.5. The molecule has 0 spiro atoms. The van der Waals surface area contributed by atoms with Crippen LogP contribution in [-0.4, -0.2) is 29.8 Å². The van der Waals surface area contributed by atoms with E-state index in [1.54, 1.807) is 6.92 Å². The minimum atomic E-state index is -0.882. The third kappa shape index (κ3) is 7.14. The van der Waals surface area contributed by atoms with Crippen LogP contribution in [0.2, 0.25) is 0 Å². The Bertz CT molecular complexity index is 438. The van der Waals surface area contributed by atoms with E-state index >= 15 is 0 Å². The number of rotatable bonds is 8. The number of nitrogens with one attached hydrogen (secondary N) is 1. The number of aryl methyl sites for hydroxylation is 1. The van der Waals surface area contributed by atoms with Gasteiger partial charge < -0.3 is 15.2 Å². The van der Waals surface area contributed by atoms with Gasteiger partial charge in [0.2, 0.25) is 0 Å². The molecule has 4 heteroatoms. The van der Waals surface area contributed by atoms with E-state index in [0.29, 0.717) is 18.1 Å². The Hall–Kier alpha value is -1.55. The van der Waals surface area contributed by atoms with E-state index in [0.717, 1.165) is 6.42 Å². The van der Waals surface area contributed by atoms with Crippen LogP contribution in [0.25, 0.3) is 0 Å². The van der Waals surface area contributed by atoms with Crippen LogP contribution in [0.15, 0.2) is 24.3 Å². The largest absolute Gasteiger partial charge is 0.484 e. The van der Waals surface area contributed by atoms with Crippen LogP contribution in [0.1, 0.15) is 39.7 Å². The van der Waals surface area contributed by atoms with Gasteiger partial charge in [0.25, 0.3) is 5.91 Å². The van der Waals surface area contributed by atoms with E-state index in [2.05, 4.69) is 12.2 Å². The van der Waals surface area contributed by atoms with Crippen LogP contribution < -0.4 is 10.1 Å². The van der Waals surface area contributed by atoms with Crippen LogP contribution in [0.5, 0.6) is 5.75 Å². The van der Waals surface area contributed by atoms with Gasteiger partial charge in [0.1, 0.15) is 5.75 Å². The summed E-state index contributed by atoms with van der Waals surface area (Å²) >= 11 is 0. The molecule has 1 rings (SSSR count). The molecule has 0 aliphatic carbocycles. The maximum absolute atomic E-state index is 11.7. The molecule has 0 radical (unpaired) electrons. The molecule has 0 heterocycles. The summed E-state index contributed by atoms with van der Waals surface area (Å²) < 4.78 is 5.42. The van der Waals surface area contributed by atoms with Gasteiger partial charge >= 0.3 is 0 Å². The zero-order valence-electron chi connectivity index (χ0n) is 13.5. The second-order valence-electron chi connectivity index (χ2n) is 6.16. The molecule has 1 amide bonds. The van der Waals surface area contributed by atoms with Gasteiger partial charge in [-0.25, -0.2) is 0 Å². The predicted octanol–water partition coefficient (Wildman–Crippen LogP) is 2.54. The second-order valence-corrected chi connectivity index (χ2v) is 6.16. The Morgan fingerprint density at radius 2 is 1.95 bits per heavy atom. The van der Waals surface area contributed by atoms with Gasteiger partial charge in [-0.05, 0) is 43.4 Å². The van der Waals surface area contributed by atoms with Gasteiger partial charge in [-0.15, -0.1) is 0 Å². The zero-order valence-corrected chi connectivity index (χ0v) is 13.5. The number of amides is 1. The lowest BCUT2D eigenvalue weighted by Gasteiger charge is -2.25. The van der Waals surface area contributed by atoms with Gasteiger partial charge in [-0.1, -0.05) is 32.9 Å². The quantitative estimate of drug-likeness (QED) is 0.774. The monoisotopic (exact) mass is 293 g/mol. The summed E-state index contributed by atoms with van der Waals surface area (Å²) in [7, 11) is 0. The van der Waals surface area contributed by atoms with Crippen molar-refractivity contribution in [3.63, 3.8) is 0 Å². The van der Waals surface area contributed by atoms with E-state index in [-0.39, 0.29) is 19.1 Å². The average molecular weight is 293 g/mol. The SMILES string of the molecule is CCc1ccc(OCC(=O)NCC(C)(O)CC(C)C)cc1. The standard InChI is InChI=1S/C17H27NO3/c1-5-14-6-8-15(9-7-14)21-11-16(19)18-12-17(4,20)10-13(2)3/h6-9,13,20H,5,10-12H2,1-4H3,(H,18,19). The lowest BCUT2D eigenvalue weighted by atomic mass is 9.94. The summed E-state index contributed by atoms with van der Waals surface area (Å²) in [4.78, 5) is 11.7. The van der Waals surface area contributed by atoms with Crippen molar-refractivity contribution < 1.29 is 14.6 Å². The summed E-state index contributed by atoms with van der Waals surface area (Å²) in [5.41, 5.74) is 0.351. The molecular formula is C17H27NO3. The van der Waals surface area contributed by atoms with Crippen molar-refractivity contribution in [3.05, 3.63) is 29.8 Å². The normalized spacial score (nSPS) is 13.8. The van der Waals surface area contributed by atoms with Gasteiger partial charge in [-0.3, -0.25) is 4.79 Å². The topological polar surface area (TPSA) is 58.6 Å². The number of aliphatic hydroxyl groups is 1. The summed E-state index contributed by atoms with van der Waals surface area (Å²) in [5, 5.41) is 12.8. The van der Waals surface area contributed by atoms with Gasteiger partial charge in [0, 0.05) is 6.54 Å². The van der Waals surface area contributed by atoms with Crippen molar-refractivity contribution >= 4 is 5.91 Å². The molecule has 1 unspecified atom stereocenters. The first-order valence-electron chi connectivity index (χ1n) is 7.53. The van der Waals surface area contributed by atoms with Crippen LogP contribution in [0.3, 0.4) is 0 Å². The highest BCUT2D eigenvalue weighted by Gasteiger charge is 2.22. The Morgan fingerprint density at radius 3 is 2.48 bits per heavy atom. The average Bonchev–Trinajstić information content (AvgIpc) is 2.42. The summed E-state index contributed by atoms with van der Waals surface area (Å²) in [6.45, 7) is 8.11. The molecule has 0 bridgehead atoms. The highest BCUT2D eigenvalue weighted by molar-refractivity contribution is 5.77. The molecule has 0 aliphatic heterocycles. The predicted molar refractivity (Wildman–Crippen MR) is 84.4 cm³/mol. The third-order valence-electron chi connectivity index (χ3n) is 3.22. The van der Waals surface area contributed by atoms with Crippen molar-refractivity contribution in [2.24, 2.45) is 5.92 Å². The molecule has 0 aromatic heterocycles. The highest BCUT2D eigenvalue weighted by Crippen LogP contribution is 2.15. The maximum atomic E-state index is 11.7. The molecule has 4 nitrogen and oxygen atoms in total. The highest BCUT2D eigenvalue weighted by atomic mass is 16.5. The van der Waals surface area contributed by atoms with E-state index in [9.17, 15) is 9.90 Å². The summed E-state index contributed by atoms with van der Waals surface area (Å²) in [6.07, 6.45) is 1.62. The Kier molecular flexibility index (Phi) is 6.69. The van der Waals surface area contributed by atoms with Crippen molar-refractivity contribution in [1.82, 2.24) is 5.32 Å². The number of ether oxygens (including phenoxy) is 1. The first-order valence-corrected chi connectivity index (χ1v) is 7.53. The van der Waals surface area contributed by atoms with Crippen LogP contribution in [0, 0.1) is 5.92 Å². The molecular weight excluding hydrogens is 266 g/mol. The number of carbonyl (C=O) groups is 1. The third-order valence-corrected chi connectivity index (χ3v) is 3.22. The minimum Gasteiger partial charge on any atom is -0.484 e. The molecule has 0 saturated heterocycles. The number of hydrogen-bond donors (Lipinski definition) is 2. The van der Waals surface area contributed by atoms with E-state index < -0.39 is 5.60 Å². The molecule has 1 aromatic rings. The molecule has 2 N–H and O–H groups in total. The molecule has 0 fully saturated rings. The van der Waals surface area contributed by atoms with E-state index in [1.807, 2.05) is 38.1 Å². The number of hydrogen-bond acceptors (Lipinski definition) is 3. The maximum Gasteiger partial charge on any atom is 0.258 e. The fraction of sp³-hybridized carbons (Fsp3) is 0.588. The van der Waals surface area contributed by atoms with Crippen molar-refractivity contribution in [3.8, 4) is 5.75 Å². The van der Waals surface area contributed by atoms with Crippen molar-refractivity contribution in [2.45, 2.75) is 46.1 Å². The zero-order chi connectivity index (χ0) is 15.9. The van der Waals surface area contributed by atoms with Crippen LogP contribution in [-0.2, 0) is 11.2 Å². The Balaban J connectivity index is 2.33. The van der Waals surface area contributed by atoms with Crippen LogP contribution in [0.4, 0.5) is 0 Å². The molecule has 1 atom stereocenters. The van der Waals surface area contributed by atoms with Crippen molar-refractivity contribution in [1.29, 1.82) is 0 Å². The van der Waals surface area contributed by atoms with E-state index in [4.69, 9.17) is 4.74 Å². The Labute approximate surface area is 127 Å². The van der Waals surface area contributed by atoms with E-state index in [1.165, 1.54) is 5.56 Å². The smallest absolute Gasteiger partial charge is 0.258 e. The second kappa shape index (κ2) is 8.03. The molecule has 0 aliphatic rings. The lowest BCUT2D eigenvalue weighted by molar-refractivity contribution is -0.124. The molecule has 0 saturated carbocycles. The summed E-state index contributed by atoms with van der Waals surface area (Å²) in [6, 6.07) is 7.70. The number of benzene rings is 1. The fourth-order valence-corrected chi connectivity index (χ4v) is 2.26. The Morgan fingerprint density at radius 1 is 1.33 bits per heavy atom. The van der Waals surface area contributed by atoms with Gasteiger partial charge in [0.05, 0.1) is 5.60 Å². The summed E-state index contributed by atoms with van der Waals surface area (Å²) in [5.74, 6) is 0.833.